The molecule has 2 N–H and O–H groups in total. The van der Waals surface area contributed by atoms with E-state index in [-0.39, 0.29) is 24.0 Å². The number of furan rings is 1. The second kappa shape index (κ2) is 13.2. The molecular weight excluding hydrogens is 369 g/mol. The third-order valence-corrected chi connectivity index (χ3v) is 2.48. The summed E-state index contributed by atoms with van der Waals surface area (Å²) in [6.07, 6.45) is 3.71. The van der Waals surface area contributed by atoms with Gasteiger partial charge in [0, 0.05) is 26.3 Å². The van der Waals surface area contributed by atoms with Gasteiger partial charge in [-0.3, -0.25) is 0 Å². The van der Waals surface area contributed by atoms with E-state index in [9.17, 15) is 0 Å². The number of nitrogens with zero attached hydrogens (tertiary/aromatic N) is 1. The zero-order chi connectivity index (χ0) is 13.8. The number of hydrogen-bond acceptors (Lipinski definition) is 3. The Morgan fingerprint density at radius 2 is 2.10 bits per heavy atom. The fourth-order valence-corrected chi connectivity index (χ4v) is 1.50. The molecule has 0 saturated heterocycles. The van der Waals surface area contributed by atoms with E-state index >= 15 is 0 Å². The van der Waals surface area contributed by atoms with Crippen LogP contribution in [0.25, 0.3) is 0 Å². The molecule has 0 atom stereocenters. The second-order valence-corrected chi connectivity index (χ2v) is 4.15. The maximum Gasteiger partial charge on any atom is 0.191 e. The molecule has 5 nitrogen and oxygen atoms in total. The molecule has 20 heavy (non-hydrogen) atoms. The van der Waals surface area contributed by atoms with Gasteiger partial charge in [-0.2, -0.15) is 0 Å². The summed E-state index contributed by atoms with van der Waals surface area (Å²) < 4.78 is 10.6. The Morgan fingerprint density at radius 3 is 2.75 bits per heavy atom. The third-order valence-electron chi connectivity index (χ3n) is 2.48. The number of guanidine groups is 1. The van der Waals surface area contributed by atoms with Gasteiger partial charge < -0.3 is 19.8 Å². The zero-order valence-corrected chi connectivity index (χ0v) is 14.7. The predicted octanol–water partition coefficient (Wildman–Crippen LogP) is 2.77. The van der Waals surface area contributed by atoms with Crippen LogP contribution in [-0.4, -0.2) is 32.3 Å². The highest BCUT2D eigenvalue weighted by Gasteiger charge is 1.99. The minimum absolute atomic E-state index is 0. The standard InChI is InChI=1S/C14H25N3O2.HI/c1-3-8-15-14(16-9-6-10-18-4-2)17-12-13-7-5-11-19-13;/h5,7,11H,3-4,6,8-10,12H2,1-2H3,(H2,15,16,17);1H. The number of hydrogen-bond donors (Lipinski definition) is 2. The van der Waals surface area contributed by atoms with Crippen LogP contribution in [0.15, 0.2) is 27.8 Å². The average Bonchev–Trinajstić information content (AvgIpc) is 2.94. The fourth-order valence-electron chi connectivity index (χ4n) is 1.50. The predicted molar refractivity (Wildman–Crippen MR) is 92.7 cm³/mol. The lowest BCUT2D eigenvalue weighted by Crippen LogP contribution is -2.38. The van der Waals surface area contributed by atoms with Crippen molar-refractivity contribution in [2.75, 3.05) is 26.3 Å². The largest absolute Gasteiger partial charge is 0.467 e. The number of nitrogens with one attached hydrogen (secondary N) is 2. The van der Waals surface area contributed by atoms with Crippen LogP contribution in [0.3, 0.4) is 0 Å². The van der Waals surface area contributed by atoms with Crippen LogP contribution in [0, 0.1) is 0 Å². The van der Waals surface area contributed by atoms with E-state index in [0.717, 1.165) is 50.9 Å². The van der Waals surface area contributed by atoms with Crippen molar-refractivity contribution in [2.24, 2.45) is 4.99 Å². The SMILES string of the molecule is CCCNC(=NCc1ccco1)NCCCOCC.I. The lowest BCUT2D eigenvalue weighted by Gasteiger charge is -2.11. The molecule has 0 bridgehead atoms. The summed E-state index contributed by atoms with van der Waals surface area (Å²) in [7, 11) is 0. The molecule has 0 aliphatic carbocycles. The van der Waals surface area contributed by atoms with Crippen molar-refractivity contribution in [3.05, 3.63) is 24.2 Å². The maximum absolute atomic E-state index is 5.30. The number of halogens is 1. The van der Waals surface area contributed by atoms with Crippen LogP contribution < -0.4 is 10.6 Å². The first-order valence-electron chi connectivity index (χ1n) is 6.99. The van der Waals surface area contributed by atoms with Crippen LogP contribution in [0.2, 0.25) is 0 Å². The van der Waals surface area contributed by atoms with Crippen molar-refractivity contribution >= 4 is 29.9 Å². The zero-order valence-electron chi connectivity index (χ0n) is 12.4. The molecule has 6 heteroatoms. The Balaban J connectivity index is 0.00000361. The van der Waals surface area contributed by atoms with E-state index in [2.05, 4.69) is 22.5 Å². The molecule has 0 fully saturated rings. The van der Waals surface area contributed by atoms with Crippen LogP contribution in [0.1, 0.15) is 32.4 Å². The van der Waals surface area contributed by atoms with Gasteiger partial charge in [-0.1, -0.05) is 6.92 Å². The van der Waals surface area contributed by atoms with Crippen molar-refractivity contribution in [3.8, 4) is 0 Å². The van der Waals surface area contributed by atoms with Gasteiger partial charge in [0.1, 0.15) is 12.3 Å². The summed E-state index contributed by atoms with van der Waals surface area (Å²) in [6.45, 7) is 8.01. The van der Waals surface area contributed by atoms with Gasteiger partial charge >= 0.3 is 0 Å². The highest BCUT2D eigenvalue weighted by Crippen LogP contribution is 2.01. The topological polar surface area (TPSA) is 58.8 Å². The maximum atomic E-state index is 5.30. The number of rotatable bonds is 9. The lowest BCUT2D eigenvalue weighted by atomic mass is 10.4. The Kier molecular flexibility index (Phi) is 12.7. The molecule has 0 aliphatic rings. The smallest absolute Gasteiger partial charge is 0.191 e. The van der Waals surface area contributed by atoms with Gasteiger partial charge in [0.2, 0.25) is 0 Å². The average molecular weight is 395 g/mol. The number of ether oxygens (including phenoxy) is 1. The summed E-state index contributed by atoms with van der Waals surface area (Å²) in [5, 5.41) is 6.57. The van der Waals surface area contributed by atoms with E-state index in [0.29, 0.717) is 6.54 Å². The summed E-state index contributed by atoms with van der Waals surface area (Å²) in [4.78, 5) is 4.48. The van der Waals surface area contributed by atoms with Gasteiger partial charge in [-0.15, -0.1) is 24.0 Å². The van der Waals surface area contributed by atoms with Crippen LogP contribution in [0.5, 0.6) is 0 Å². The molecule has 0 radical (unpaired) electrons. The normalized spacial score (nSPS) is 11.0. The molecule has 1 rings (SSSR count). The van der Waals surface area contributed by atoms with E-state index in [4.69, 9.17) is 9.15 Å². The van der Waals surface area contributed by atoms with Crippen molar-refractivity contribution in [2.45, 2.75) is 33.2 Å². The minimum atomic E-state index is 0. The molecule has 0 aliphatic heterocycles. The molecule has 0 aromatic carbocycles. The van der Waals surface area contributed by atoms with E-state index in [1.807, 2.05) is 19.1 Å². The highest BCUT2D eigenvalue weighted by atomic mass is 127. The second-order valence-electron chi connectivity index (χ2n) is 4.15. The summed E-state index contributed by atoms with van der Waals surface area (Å²) >= 11 is 0. The first-order valence-corrected chi connectivity index (χ1v) is 6.99. The van der Waals surface area contributed by atoms with E-state index < -0.39 is 0 Å². The molecular formula is C14H26IN3O2. The summed E-state index contributed by atoms with van der Waals surface area (Å²) in [5.41, 5.74) is 0. The van der Waals surface area contributed by atoms with E-state index in [1.54, 1.807) is 6.26 Å². The molecule has 1 aromatic rings. The Morgan fingerprint density at radius 1 is 1.30 bits per heavy atom. The highest BCUT2D eigenvalue weighted by molar-refractivity contribution is 14.0. The Bertz CT molecular complexity index is 342. The molecule has 0 amide bonds. The van der Waals surface area contributed by atoms with Gasteiger partial charge in [-0.05, 0) is 31.9 Å². The van der Waals surface area contributed by atoms with Gasteiger partial charge in [-0.25, -0.2) is 4.99 Å². The van der Waals surface area contributed by atoms with Crippen molar-refractivity contribution < 1.29 is 9.15 Å². The van der Waals surface area contributed by atoms with Crippen molar-refractivity contribution in [3.63, 3.8) is 0 Å². The van der Waals surface area contributed by atoms with Crippen LogP contribution in [0.4, 0.5) is 0 Å². The first-order chi connectivity index (χ1) is 9.36. The molecule has 1 heterocycles. The van der Waals surface area contributed by atoms with Crippen molar-refractivity contribution in [1.82, 2.24) is 10.6 Å². The molecule has 0 unspecified atom stereocenters. The van der Waals surface area contributed by atoms with Gasteiger partial charge in [0.25, 0.3) is 0 Å². The Hall–Kier alpha value is -0.760. The number of aliphatic imine (C=N–C) groups is 1. The molecule has 0 spiro atoms. The summed E-state index contributed by atoms with van der Waals surface area (Å²) in [5.74, 6) is 1.70. The quantitative estimate of drug-likeness (QED) is 0.292. The van der Waals surface area contributed by atoms with Crippen LogP contribution in [-0.2, 0) is 11.3 Å². The van der Waals surface area contributed by atoms with Gasteiger partial charge in [0.05, 0.1) is 6.26 Å². The minimum Gasteiger partial charge on any atom is -0.467 e. The van der Waals surface area contributed by atoms with Crippen molar-refractivity contribution in [1.29, 1.82) is 0 Å². The fraction of sp³-hybridized carbons (Fsp3) is 0.643. The molecule has 1 aromatic heterocycles. The summed E-state index contributed by atoms with van der Waals surface area (Å²) in [6, 6.07) is 3.80. The molecule has 116 valence electrons. The van der Waals surface area contributed by atoms with Crippen LogP contribution >= 0.6 is 24.0 Å². The Labute approximate surface area is 138 Å². The van der Waals surface area contributed by atoms with E-state index in [1.165, 1.54) is 0 Å². The monoisotopic (exact) mass is 395 g/mol. The third kappa shape index (κ3) is 9.19. The first kappa shape index (κ1) is 19.2. The van der Waals surface area contributed by atoms with Gasteiger partial charge in [0.15, 0.2) is 5.96 Å². The molecule has 0 saturated carbocycles. The lowest BCUT2D eigenvalue weighted by molar-refractivity contribution is 0.145.